The molecule has 0 aliphatic carbocycles. The number of nitrogens with one attached hydrogen (secondary N) is 2. The van der Waals surface area contributed by atoms with Crippen LogP contribution < -0.4 is 14.3 Å². The lowest BCUT2D eigenvalue weighted by Crippen LogP contribution is -2.26. The van der Waals surface area contributed by atoms with Gasteiger partial charge in [-0.05, 0) is 31.5 Å². The van der Waals surface area contributed by atoms with Gasteiger partial charge >= 0.3 is 4.87 Å². The van der Waals surface area contributed by atoms with Gasteiger partial charge in [-0.2, -0.15) is 0 Å². The molecule has 0 fully saturated rings. The van der Waals surface area contributed by atoms with Gasteiger partial charge in [-0.3, -0.25) is 4.79 Å². The van der Waals surface area contributed by atoms with Crippen LogP contribution in [0.5, 0.6) is 5.75 Å². The number of aromatic amines is 1. The number of hydrogen-bond acceptors (Lipinski definition) is 5. The summed E-state index contributed by atoms with van der Waals surface area (Å²) in [5, 5.41) is 0. The van der Waals surface area contributed by atoms with Crippen molar-refractivity contribution in [2.24, 2.45) is 0 Å². The van der Waals surface area contributed by atoms with Crippen LogP contribution in [0.4, 0.5) is 0 Å². The highest BCUT2D eigenvalue weighted by molar-refractivity contribution is 7.91. The van der Waals surface area contributed by atoms with Gasteiger partial charge in [-0.1, -0.05) is 23.5 Å². The van der Waals surface area contributed by atoms with E-state index in [4.69, 9.17) is 4.74 Å². The van der Waals surface area contributed by atoms with Crippen LogP contribution in [0.2, 0.25) is 0 Å². The number of thiazole rings is 1. The Balaban J connectivity index is 2.27. The molecule has 1 atom stereocenters. The lowest BCUT2D eigenvalue weighted by molar-refractivity contribution is 0.413. The number of benzene rings is 1. The largest absolute Gasteiger partial charge is 0.497 e. The maximum atomic E-state index is 12.3. The predicted molar refractivity (Wildman–Crippen MR) is 81.4 cm³/mol. The van der Waals surface area contributed by atoms with Gasteiger partial charge in [0.2, 0.25) is 0 Å². The summed E-state index contributed by atoms with van der Waals surface area (Å²) < 4.78 is 32.3. The van der Waals surface area contributed by atoms with Crippen LogP contribution in [-0.2, 0) is 10.0 Å². The molecule has 21 heavy (non-hydrogen) atoms. The highest BCUT2D eigenvalue weighted by atomic mass is 32.2. The standard InChI is InChI=1S/C13H16N2O4S2/c1-8(10-5-4-6-11(7-10)19-3)15-21(17,18)12-9(2)14-13(16)20-12/h4-8,15H,1-3H3,(H,14,16). The smallest absolute Gasteiger partial charge is 0.305 e. The van der Waals surface area contributed by atoms with Crippen molar-refractivity contribution >= 4 is 21.4 Å². The van der Waals surface area contributed by atoms with E-state index in [9.17, 15) is 13.2 Å². The molecule has 1 aromatic heterocycles. The van der Waals surface area contributed by atoms with Crippen molar-refractivity contribution in [2.45, 2.75) is 24.1 Å². The molecule has 1 aromatic carbocycles. The number of ether oxygens (including phenoxy) is 1. The summed E-state index contributed by atoms with van der Waals surface area (Å²) in [7, 11) is -2.19. The normalized spacial score (nSPS) is 13.1. The minimum absolute atomic E-state index is 0.0160. The molecule has 1 unspecified atom stereocenters. The Bertz CT molecular complexity index is 792. The summed E-state index contributed by atoms with van der Waals surface area (Å²) in [6.07, 6.45) is 0. The minimum atomic E-state index is -3.74. The molecular formula is C13H16N2O4S2. The molecule has 0 aliphatic heterocycles. The molecular weight excluding hydrogens is 312 g/mol. The van der Waals surface area contributed by atoms with E-state index in [1.807, 2.05) is 6.07 Å². The zero-order valence-corrected chi connectivity index (χ0v) is 13.5. The van der Waals surface area contributed by atoms with Gasteiger partial charge in [0.15, 0.2) is 4.21 Å². The average Bonchev–Trinajstić information content (AvgIpc) is 2.78. The Hall–Kier alpha value is -1.64. The maximum Gasteiger partial charge on any atom is 0.305 e. The van der Waals surface area contributed by atoms with E-state index in [0.717, 1.165) is 5.56 Å². The molecule has 1 heterocycles. The zero-order valence-electron chi connectivity index (χ0n) is 11.8. The van der Waals surface area contributed by atoms with Crippen molar-refractivity contribution in [3.8, 4) is 5.75 Å². The highest BCUT2D eigenvalue weighted by Crippen LogP contribution is 2.22. The molecule has 2 aromatic rings. The lowest BCUT2D eigenvalue weighted by Gasteiger charge is -2.14. The zero-order chi connectivity index (χ0) is 15.6. The number of aryl methyl sites for hydroxylation is 1. The summed E-state index contributed by atoms with van der Waals surface area (Å²) >= 11 is 0.680. The maximum absolute atomic E-state index is 12.3. The predicted octanol–water partition coefficient (Wildman–Crippen LogP) is 1.79. The number of rotatable bonds is 5. The molecule has 0 saturated carbocycles. The van der Waals surface area contributed by atoms with Gasteiger partial charge < -0.3 is 9.72 Å². The average molecular weight is 328 g/mol. The monoisotopic (exact) mass is 328 g/mol. The van der Waals surface area contributed by atoms with E-state index in [1.165, 1.54) is 0 Å². The second-order valence-corrected chi connectivity index (χ2v) is 7.44. The van der Waals surface area contributed by atoms with Crippen molar-refractivity contribution < 1.29 is 13.2 Å². The molecule has 0 aliphatic rings. The van der Waals surface area contributed by atoms with Gasteiger partial charge in [0.1, 0.15) is 5.75 Å². The van der Waals surface area contributed by atoms with Gasteiger partial charge in [0.05, 0.1) is 7.11 Å². The van der Waals surface area contributed by atoms with Crippen LogP contribution >= 0.6 is 11.3 Å². The SMILES string of the molecule is COc1cccc(C(C)NS(=O)(=O)c2sc(=O)[nH]c2C)c1. The third-order valence-electron chi connectivity index (χ3n) is 2.95. The molecule has 114 valence electrons. The third kappa shape index (κ3) is 3.52. The molecule has 2 N–H and O–H groups in total. The third-order valence-corrected chi connectivity index (χ3v) is 6.10. The topological polar surface area (TPSA) is 88.3 Å². The van der Waals surface area contributed by atoms with Crippen LogP contribution in [0, 0.1) is 6.92 Å². The minimum Gasteiger partial charge on any atom is -0.497 e. The number of sulfonamides is 1. The van der Waals surface area contributed by atoms with Crippen LogP contribution in [0.1, 0.15) is 24.2 Å². The molecule has 0 spiro atoms. The summed E-state index contributed by atoms with van der Waals surface area (Å²) in [6, 6.07) is 6.70. The first-order valence-corrected chi connectivity index (χ1v) is 8.49. The van der Waals surface area contributed by atoms with Gasteiger partial charge in [0.25, 0.3) is 10.0 Å². The van der Waals surface area contributed by atoms with Crippen molar-refractivity contribution in [3.63, 3.8) is 0 Å². The molecule has 2 rings (SSSR count). The molecule has 8 heteroatoms. The molecule has 0 saturated heterocycles. The summed E-state index contributed by atoms with van der Waals surface area (Å²) in [6.45, 7) is 3.29. The first-order valence-electron chi connectivity index (χ1n) is 6.19. The first-order chi connectivity index (χ1) is 9.83. The lowest BCUT2D eigenvalue weighted by atomic mass is 10.1. The van der Waals surface area contributed by atoms with E-state index in [2.05, 4.69) is 9.71 Å². The van der Waals surface area contributed by atoms with E-state index in [1.54, 1.807) is 39.2 Å². The van der Waals surface area contributed by atoms with Crippen molar-refractivity contribution in [3.05, 3.63) is 45.2 Å². The summed E-state index contributed by atoms with van der Waals surface area (Å²) in [5.41, 5.74) is 1.12. The Morgan fingerprint density at radius 3 is 2.67 bits per heavy atom. The second-order valence-electron chi connectivity index (χ2n) is 4.55. The molecule has 0 bridgehead atoms. The number of aromatic nitrogens is 1. The van der Waals surface area contributed by atoms with Crippen LogP contribution in [-0.4, -0.2) is 20.5 Å². The number of H-pyrrole nitrogens is 1. The number of methoxy groups -OCH3 is 1. The molecule has 0 radical (unpaired) electrons. The Morgan fingerprint density at radius 1 is 1.38 bits per heavy atom. The highest BCUT2D eigenvalue weighted by Gasteiger charge is 2.23. The van der Waals surface area contributed by atoms with E-state index in [0.29, 0.717) is 22.8 Å². The Labute approximate surface area is 126 Å². The molecule has 6 nitrogen and oxygen atoms in total. The van der Waals surface area contributed by atoms with E-state index >= 15 is 0 Å². The van der Waals surface area contributed by atoms with Crippen molar-refractivity contribution in [1.82, 2.24) is 9.71 Å². The van der Waals surface area contributed by atoms with Crippen LogP contribution in [0.3, 0.4) is 0 Å². The quantitative estimate of drug-likeness (QED) is 0.876. The fourth-order valence-corrected chi connectivity index (χ4v) is 4.46. The van der Waals surface area contributed by atoms with Crippen molar-refractivity contribution in [1.29, 1.82) is 0 Å². The Kier molecular flexibility index (Phi) is 4.50. The Morgan fingerprint density at radius 2 is 2.10 bits per heavy atom. The fourth-order valence-electron chi connectivity index (χ4n) is 1.91. The second kappa shape index (κ2) is 6.00. The van der Waals surface area contributed by atoms with Gasteiger partial charge in [0, 0.05) is 11.7 Å². The van der Waals surface area contributed by atoms with Crippen molar-refractivity contribution in [2.75, 3.05) is 7.11 Å². The first kappa shape index (κ1) is 15.7. The summed E-state index contributed by atoms with van der Waals surface area (Å²) in [4.78, 5) is 13.3. The summed E-state index contributed by atoms with van der Waals surface area (Å²) in [5.74, 6) is 0.654. The van der Waals surface area contributed by atoms with E-state index < -0.39 is 16.1 Å². The molecule has 0 amide bonds. The number of hydrogen-bond donors (Lipinski definition) is 2. The van der Waals surface area contributed by atoms with E-state index in [-0.39, 0.29) is 9.08 Å². The fraction of sp³-hybridized carbons (Fsp3) is 0.308. The van der Waals surface area contributed by atoms with Crippen LogP contribution in [0.25, 0.3) is 0 Å². The van der Waals surface area contributed by atoms with Gasteiger partial charge in [-0.15, -0.1) is 0 Å². The van der Waals surface area contributed by atoms with Crippen LogP contribution in [0.15, 0.2) is 33.3 Å². The van der Waals surface area contributed by atoms with Gasteiger partial charge in [-0.25, -0.2) is 13.1 Å².